The first kappa shape index (κ1) is 36.4. The van der Waals surface area contributed by atoms with Crippen molar-refractivity contribution in [2.75, 3.05) is 12.4 Å². The molecular formula is C27H53O8PS. The van der Waals surface area contributed by atoms with E-state index in [1.165, 1.54) is 38.5 Å². The molecule has 0 aromatic heterocycles. The fourth-order valence-electron chi connectivity index (χ4n) is 4.30. The zero-order chi connectivity index (χ0) is 28.0. The number of hydrogen-bond donors (Lipinski definition) is 2. The minimum absolute atomic E-state index is 0.0425. The maximum absolute atomic E-state index is 13.1. The molecule has 0 fully saturated rings. The quantitative estimate of drug-likeness (QED) is 0.0603. The highest BCUT2D eigenvalue weighted by Gasteiger charge is 2.41. The van der Waals surface area contributed by atoms with E-state index in [9.17, 15) is 22.9 Å². The summed E-state index contributed by atoms with van der Waals surface area (Å²) < 4.78 is 47.9. The lowest BCUT2D eigenvalue weighted by molar-refractivity contribution is -0.252. The molecule has 0 amide bonds. The molecule has 0 bridgehead atoms. The van der Waals surface area contributed by atoms with Crippen LogP contribution in [0.15, 0.2) is 0 Å². The Morgan fingerprint density at radius 2 is 1.30 bits per heavy atom. The van der Waals surface area contributed by atoms with Crippen LogP contribution in [0.25, 0.3) is 0 Å². The van der Waals surface area contributed by atoms with Crippen LogP contribution in [-0.2, 0) is 28.7 Å². The van der Waals surface area contributed by atoms with Gasteiger partial charge in [-0.1, -0.05) is 111 Å². The summed E-state index contributed by atoms with van der Waals surface area (Å²) in [6.07, 6.45) is 16.6. The van der Waals surface area contributed by atoms with E-state index in [0.29, 0.717) is 12.8 Å². The number of carboxylic acid groups (broad SMARTS) is 1. The van der Waals surface area contributed by atoms with Gasteiger partial charge in [-0.3, -0.25) is 4.57 Å². The molecule has 0 aliphatic carbocycles. The molecule has 220 valence electrons. The molecule has 0 rings (SSSR count). The standard InChI is InChI=1S/C27H53O8PS/c1-4-7-9-11-12-13-14-15-17-19-23-37(32,33)24(20-18-16-10-8-5-2)21-22-34-25(6-3)35-27(30,36-31)26(28)29/h24-25,30H,4-23H2,1-3H3,(H,28,29). The molecule has 3 unspecified atom stereocenters. The van der Waals surface area contributed by atoms with Gasteiger partial charge in [0, 0.05) is 0 Å². The number of ether oxygens (including phenoxy) is 2. The van der Waals surface area contributed by atoms with Crippen molar-refractivity contribution < 1.29 is 37.5 Å². The van der Waals surface area contributed by atoms with E-state index in [4.69, 9.17) is 14.6 Å². The number of carbonyl (C=O) groups is 1. The Hall–Kier alpha value is -0.600. The molecule has 0 heterocycles. The maximum Gasteiger partial charge on any atom is 0.377 e. The number of carboxylic acids is 1. The number of aliphatic hydroxyl groups is 1. The van der Waals surface area contributed by atoms with E-state index in [1.54, 1.807) is 6.92 Å². The topological polar surface area (TPSA) is 127 Å². The first-order valence-corrected chi connectivity index (χ1v) is 17.0. The van der Waals surface area contributed by atoms with Crippen molar-refractivity contribution in [1.29, 1.82) is 0 Å². The molecule has 0 radical (unpaired) electrons. The van der Waals surface area contributed by atoms with Crippen molar-refractivity contribution in [3.05, 3.63) is 0 Å². The van der Waals surface area contributed by atoms with Gasteiger partial charge in [0.25, 0.3) is 0 Å². The monoisotopic (exact) mass is 568 g/mol. The van der Waals surface area contributed by atoms with Crippen LogP contribution in [0, 0.1) is 0 Å². The smallest absolute Gasteiger partial charge is 0.377 e. The van der Waals surface area contributed by atoms with Gasteiger partial charge in [-0.25, -0.2) is 13.2 Å². The van der Waals surface area contributed by atoms with Crippen LogP contribution in [0.5, 0.6) is 0 Å². The third-order valence-electron chi connectivity index (χ3n) is 6.69. The van der Waals surface area contributed by atoms with Crippen LogP contribution in [0.4, 0.5) is 0 Å². The van der Waals surface area contributed by atoms with E-state index in [-0.39, 0.29) is 25.2 Å². The molecule has 0 aromatic rings. The fourth-order valence-corrected chi connectivity index (χ4v) is 6.46. The third-order valence-corrected chi connectivity index (χ3v) is 9.58. The molecule has 0 saturated carbocycles. The first-order valence-electron chi connectivity index (χ1n) is 14.5. The van der Waals surface area contributed by atoms with Crippen molar-refractivity contribution in [1.82, 2.24) is 0 Å². The van der Waals surface area contributed by atoms with Gasteiger partial charge in [-0.05, 0) is 25.7 Å². The van der Waals surface area contributed by atoms with Crippen LogP contribution >= 0.6 is 8.46 Å². The first-order chi connectivity index (χ1) is 17.7. The Bertz CT molecular complexity index is 688. The SMILES string of the molecule is CCCCCCCCCCCCS(=O)(=O)C(CCCCCCC)CCOC(CC)OC(O)(P=O)C(=O)O. The molecule has 8 nitrogen and oxygen atoms in total. The van der Waals surface area contributed by atoms with Crippen LogP contribution < -0.4 is 0 Å². The Balaban J connectivity index is 4.70. The lowest BCUT2D eigenvalue weighted by Crippen LogP contribution is -2.40. The minimum Gasteiger partial charge on any atom is -0.477 e. The molecule has 0 aliphatic heterocycles. The lowest BCUT2D eigenvalue weighted by atomic mass is 10.1. The van der Waals surface area contributed by atoms with Gasteiger partial charge < -0.3 is 19.7 Å². The average Bonchev–Trinajstić information content (AvgIpc) is 2.87. The van der Waals surface area contributed by atoms with Gasteiger partial charge in [0.2, 0.25) is 8.46 Å². The Morgan fingerprint density at radius 1 is 0.811 bits per heavy atom. The highest BCUT2D eigenvalue weighted by Crippen LogP contribution is 2.26. The summed E-state index contributed by atoms with van der Waals surface area (Å²) in [5, 5.41) is 18.3. The molecular weight excluding hydrogens is 515 g/mol. The average molecular weight is 569 g/mol. The van der Waals surface area contributed by atoms with Crippen molar-refractivity contribution in [3.8, 4) is 0 Å². The van der Waals surface area contributed by atoms with Crippen LogP contribution in [-0.4, -0.2) is 54.0 Å². The highest BCUT2D eigenvalue weighted by atomic mass is 32.2. The summed E-state index contributed by atoms with van der Waals surface area (Å²) in [4.78, 5) is 11.1. The number of sulfone groups is 1. The lowest BCUT2D eigenvalue weighted by Gasteiger charge is -2.24. The molecule has 10 heteroatoms. The molecule has 0 aliphatic rings. The fraction of sp³-hybridized carbons (Fsp3) is 0.963. The summed E-state index contributed by atoms with van der Waals surface area (Å²) in [6, 6.07) is 0. The van der Waals surface area contributed by atoms with E-state index in [0.717, 1.165) is 51.4 Å². The summed E-state index contributed by atoms with van der Waals surface area (Å²) in [7, 11) is -4.40. The van der Waals surface area contributed by atoms with Crippen molar-refractivity contribution in [2.24, 2.45) is 0 Å². The van der Waals surface area contributed by atoms with Gasteiger partial charge in [-0.15, -0.1) is 0 Å². The van der Waals surface area contributed by atoms with E-state index in [2.05, 4.69) is 13.8 Å². The second kappa shape index (κ2) is 22.2. The molecule has 2 N–H and O–H groups in total. The summed E-state index contributed by atoms with van der Waals surface area (Å²) in [6.45, 7) is 6.07. The van der Waals surface area contributed by atoms with Gasteiger partial charge in [0.15, 0.2) is 16.1 Å². The Morgan fingerprint density at radius 3 is 1.76 bits per heavy atom. The normalized spacial score (nSPS) is 15.5. The van der Waals surface area contributed by atoms with Crippen LogP contribution in [0.1, 0.15) is 136 Å². The van der Waals surface area contributed by atoms with Crippen LogP contribution in [0.3, 0.4) is 0 Å². The number of unbranched alkanes of at least 4 members (excludes halogenated alkanes) is 13. The third kappa shape index (κ3) is 17.6. The molecule has 0 aromatic carbocycles. The minimum atomic E-state index is -3.30. The van der Waals surface area contributed by atoms with Crippen molar-refractivity contribution in [2.45, 2.75) is 153 Å². The molecule has 0 saturated heterocycles. The number of rotatable bonds is 27. The van der Waals surface area contributed by atoms with Gasteiger partial charge in [-0.2, -0.15) is 0 Å². The predicted octanol–water partition coefficient (Wildman–Crippen LogP) is 7.23. The number of hydrogen-bond acceptors (Lipinski definition) is 7. The molecule has 0 spiro atoms. The van der Waals surface area contributed by atoms with Crippen molar-refractivity contribution in [3.63, 3.8) is 0 Å². The largest absolute Gasteiger partial charge is 0.477 e. The van der Waals surface area contributed by atoms with E-state index < -0.39 is 41.3 Å². The Labute approximate surface area is 227 Å². The van der Waals surface area contributed by atoms with Gasteiger partial charge in [0.05, 0.1) is 17.6 Å². The van der Waals surface area contributed by atoms with Gasteiger partial charge >= 0.3 is 11.5 Å². The molecule has 3 atom stereocenters. The highest BCUT2D eigenvalue weighted by molar-refractivity contribution is 7.92. The van der Waals surface area contributed by atoms with Gasteiger partial charge in [0.1, 0.15) is 0 Å². The number of aliphatic carboxylic acids is 1. The molecule has 37 heavy (non-hydrogen) atoms. The summed E-state index contributed by atoms with van der Waals surface area (Å²) in [5.74, 6) is -1.61. The second-order valence-corrected chi connectivity index (χ2v) is 13.2. The zero-order valence-corrected chi connectivity index (χ0v) is 25.2. The Kier molecular flexibility index (Phi) is 21.9. The predicted molar refractivity (Wildman–Crippen MR) is 149 cm³/mol. The maximum atomic E-state index is 13.1. The second-order valence-electron chi connectivity index (χ2n) is 9.99. The zero-order valence-electron chi connectivity index (χ0n) is 23.5. The van der Waals surface area contributed by atoms with Crippen molar-refractivity contribution >= 4 is 24.3 Å². The summed E-state index contributed by atoms with van der Waals surface area (Å²) in [5.41, 5.74) is -2.89. The van der Waals surface area contributed by atoms with E-state index in [1.807, 2.05) is 0 Å². The van der Waals surface area contributed by atoms with E-state index >= 15 is 0 Å². The van der Waals surface area contributed by atoms with Crippen LogP contribution in [0.2, 0.25) is 0 Å². The summed E-state index contributed by atoms with van der Waals surface area (Å²) >= 11 is 0.